The van der Waals surface area contributed by atoms with Gasteiger partial charge in [0.15, 0.2) is 5.82 Å². The van der Waals surface area contributed by atoms with Crippen molar-refractivity contribution in [3.63, 3.8) is 0 Å². The number of carbonyl (C=O) groups excluding carboxylic acids is 1. The molecule has 0 unspecified atom stereocenters. The van der Waals surface area contributed by atoms with E-state index in [0.717, 1.165) is 70.2 Å². The average molecular weight is 398 g/mol. The van der Waals surface area contributed by atoms with E-state index in [1.54, 1.807) is 0 Å². The second-order valence-electron chi connectivity index (χ2n) is 9.15. The van der Waals surface area contributed by atoms with Crippen LogP contribution in [-0.2, 0) is 23.3 Å². The first-order valence-electron chi connectivity index (χ1n) is 10.9. The quantitative estimate of drug-likeness (QED) is 0.830. The molecule has 156 valence electrons. The Balaban J connectivity index is 1.38. The first-order valence-corrected chi connectivity index (χ1v) is 10.9. The molecule has 0 bridgehead atoms. The molecule has 5 rings (SSSR count). The lowest BCUT2D eigenvalue weighted by Crippen LogP contribution is -2.49. The van der Waals surface area contributed by atoms with Gasteiger partial charge in [0.2, 0.25) is 5.91 Å². The maximum atomic E-state index is 12.8. The van der Waals surface area contributed by atoms with E-state index in [-0.39, 0.29) is 11.3 Å². The summed E-state index contributed by atoms with van der Waals surface area (Å²) in [6, 6.07) is 0. The van der Waals surface area contributed by atoms with Crippen LogP contribution < -0.4 is 0 Å². The number of aromatic nitrogens is 5. The first kappa shape index (κ1) is 18.8. The second-order valence-corrected chi connectivity index (χ2v) is 9.15. The average Bonchev–Trinajstić information content (AvgIpc) is 3.21. The van der Waals surface area contributed by atoms with E-state index >= 15 is 0 Å². The van der Waals surface area contributed by atoms with Gasteiger partial charge in [-0.2, -0.15) is 10.2 Å². The topological polar surface area (TPSA) is 82.9 Å². The van der Waals surface area contributed by atoms with Gasteiger partial charge in [0.05, 0.1) is 11.6 Å². The Morgan fingerprint density at radius 2 is 2.14 bits per heavy atom. The first-order chi connectivity index (χ1) is 14.0. The van der Waals surface area contributed by atoms with Gasteiger partial charge in [0, 0.05) is 55.8 Å². The van der Waals surface area contributed by atoms with E-state index in [9.17, 15) is 4.79 Å². The molecule has 8 nitrogen and oxygen atoms in total. The Morgan fingerprint density at radius 1 is 1.31 bits per heavy atom. The molecule has 1 amide bonds. The molecule has 3 aliphatic rings. The van der Waals surface area contributed by atoms with Crippen LogP contribution in [-0.4, -0.2) is 66.8 Å². The van der Waals surface area contributed by atoms with Gasteiger partial charge < -0.3 is 4.90 Å². The smallest absolute Gasteiger partial charge is 0.225 e. The van der Waals surface area contributed by atoms with Crippen molar-refractivity contribution >= 4 is 5.91 Å². The fourth-order valence-corrected chi connectivity index (χ4v) is 5.28. The van der Waals surface area contributed by atoms with Gasteiger partial charge in [-0.3, -0.25) is 19.5 Å². The van der Waals surface area contributed by atoms with Crippen LogP contribution in [0.4, 0.5) is 0 Å². The molecule has 29 heavy (non-hydrogen) atoms. The lowest BCUT2D eigenvalue weighted by Gasteiger charge is -2.41. The number of likely N-dealkylation sites (tertiary alicyclic amines) is 2. The highest BCUT2D eigenvalue weighted by Gasteiger charge is 2.55. The third-order valence-corrected chi connectivity index (χ3v) is 7.23. The number of nitrogens with one attached hydrogen (secondary N) is 1. The molecule has 0 aromatic carbocycles. The molecule has 2 aromatic heterocycles. The van der Waals surface area contributed by atoms with Crippen molar-refractivity contribution in [1.82, 2.24) is 34.8 Å². The van der Waals surface area contributed by atoms with Crippen LogP contribution in [0.5, 0.6) is 0 Å². The van der Waals surface area contributed by atoms with Crippen molar-refractivity contribution in [3.8, 4) is 0 Å². The van der Waals surface area contributed by atoms with Crippen LogP contribution in [0.3, 0.4) is 0 Å². The number of carbonyl (C=O) groups is 1. The number of hydrogen-bond acceptors (Lipinski definition) is 5. The van der Waals surface area contributed by atoms with Gasteiger partial charge in [-0.15, -0.1) is 0 Å². The summed E-state index contributed by atoms with van der Waals surface area (Å²) in [4.78, 5) is 22.2. The molecule has 0 spiro atoms. The predicted molar refractivity (Wildman–Crippen MR) is 108 cm³/mol. The molecule has 1 saturated carbocycles. The molecule has 0 radical (unpaired) electrons. The minimum atomic E-state index is -0.117. The fourth-order valence-electron chi connectivity index (χ4n) is 5.28. The number of amides is 1. The third kappa shape index (κ3) is 3.17. The number of piperidine rings is 1. The molecule has 1 aliphatic carbocycles. The summed E-state index contributed by atoms with van der Waals surface area (Å²) in [5.41, 5.74) is 2.44. The molecule has 8 heteroatoms. The summed E-state index contributed by atoms with van der Waals surface area (Å²) in [5.74, 6) is 2.74. The van der Waals surface area contributed by atoms with Crippen molar-refractivity contribution < 1.29 is 4.79 Å². The van der Waals surface area contributed by atoms with E-state index < -0.39 is 0 Å². The highest BCUT2D eigenvalue weighted by Crippen LogP contribution is 2.45. The second kappa shape index (κ2) is 6.93. The van der Waals surface area contributed by atoms with E-state index in [4.69, 9.17) is 4.98 Å². The standard InChI is InChI=1S/C21H31N7O/c1-4-28-14(2)17(9-22-28)10-26-8-7-21(20-23-15(3)24-25-20)13-27(12-18(21)11-26)19(29)16-5-6-16/h9,16,18H,4-8,10-13H2,1-3H3,(H,23,24,25)/t18-,21-/m1/s1. The Hall–Kier alpha value is -2.22. The molecule has 2 saturated heterocycles. The highest BCUT2D eigenvalue weighted by molar-refractivity contribution is 5.81. The van der Waals surface area contributed by atoms with E-state index in [0.29, 0.717) is 11.8 Å². The summed E-state index contributed by atoms with van der Waals surface area (Å²) < 4.78 is 2.06. The zero-order chi connectivity index (χ0) is 20.2. The minimum Gasteiger partial charge on any atom is -0.341 e. The SMILES string of the molecule is CCn1ncc(CN2CC[C@@]3(c4n[nH]c(C)n4)CN(C(=O)C4CC4)C[C@H]3C2)c1C. The lowest BCUT2D eigenvalue weighted by atomic mass is 9.72. The van der Waals surface area contributed by atoms with E-state index in [2.05, 4.69) is 43.6 Å². The summed E-state index contributed by atoms with van der Waals surface area (Å²) in [6.45, 7) is 11.6. The highest BCUT2D eigenvalue weighted by atomic mass is 16.2. The van der Waals surface area contributed by atoms with Crippen molar-refractivity contribution in [2.75, 3.05) is 26.2 Å². The van der Waals surface area contributed by atoms with Gasteiger partial charge in [0.25, 0.3) is 0 Å². The summed E-state index contributed by atoms with van der Waals surface area (Å²) in [7, 11) is 0. The number of aryl methyl sites for hydroxylation is 2. The van der Waals surface area contributed by atoms with Gasteiger partial charge >= 0.3 is 0 Å². The van der Waals surface area contributed by atoms with E-state index in [1.165, 1.54) is 11.3 Å². The maximum absolute atomic E-state index is 12.8. The van der Waals surface area contributed by atoms with Gasteiger partial charge in [-0.1, -0.05) is 0 Å². The maximum Gasteiger partial charge on any atom is 0.225 e. The number of hydrogen-bond donors (Lipinski definition) is 1. The molecule has 2 aromatic rings. The summed E-state index contributed by atoms with van der Waals surface area (Å²) >= 11 is 0. The molecular weight excluding hydrogens is 366 g/mol. The largest absolute Gasteiger partial charge is 0.341 e. The summed E-state index contributed by atoms with van der Waals surface area (Å²) in [6.07, 6.45) is 5.11. The molecule has 4 heterocycles. The normalized spacial score (nSPS) is 27.4. The van der Waals surface area contributed by atoms with Crippen LogP contribution >= 0.6 is 0 Å². The zero-order valence-corrected chi connectivity index (χ0v) is 17.7. The Labute approximate surface area is 171 Å². The molecule has 2 atom stereocenters. The van der Waals surface area contributed by atoms with Gasteiger partial charge in [0.1, 0.15) is 5.82 Å². The number of rotatable bonds is 5. The number of nitrogens with zero attached hydrogens (tertiary/aromatic N) is 6. The third-order valence-electron chi connectivity index (χ3n) is 7.23. The fraction of sp³-hybridized carbons (Fsp3) is 0.714. The predicted octanol–water partition coefficient (Wildman–Crippen LogP) is 1.65. The van der Waals surface area contributed by atoms with Crippen LogP contribution in [0.25, 0.3) is 0 Å². The molecule has 3 fully saturated rings. The Kier molecular flexibility index (Phi) is 4.49. The molecule has 1 N–H and O–H groups in total. The number of fused-ring (bicyclic) bond motifs is 1. The monoisotopic (exact) mass is 397 g/mol. The van der Waals surface area contributed by atoms with Crippen molar-refractivity contribution in [3.05, 3.63) is 29.1 Å². The number of H-pyrrole nitrogens is 1. The van der Waals surface area contributed by atoms with Crippen LogP contribution in [0.2, 0.25) is 0 Å². The van der Waals surface area contributed by atoms with Crippen molar-refractivity contribution in [2.45, 2.75) is 58.5 Å². The van der Waals surface area contributed by atoms with Crippen molar-refractivity contribution in [1.29, 1.82) is 0 Å². The van der Waals surface area contributed by atoms with Crippen LogP contribution in [0, 0.1) is 25.7 Å². The molecular formula is C21H31N7O. The zero-order valence-electron chi connectivity index (χ0n) is 17.7. The Morgan fingerprint density at radius 3 is 2.79 bits per heavy atom. The summed E-state index contributed by atoms with van der Waals surface area (Å²) in [5, 5.41) is 12.1. The lowest BCUT2D eigenvalue weighted by molar-refractivity contribution is -0.131. The van der Waals surface area contributed by atoms with Gasteiger partial charge in [-0.05, 0) is 46.6 Å². The molecule has 2 aliphatic heterocycles. The van der Waals surface area contributed by atoms with Crippen molar-refractivity contribution in [2.24, 2.45) is 11.8 Å². The van der Waals surface area contributed by atoms with Gasteiger partial charge in [-0.25, -0.2) is 4.98 Å². The van der Waals surface area contributed by atoms with E-state index in [1.807, 2.05) is 13.1 Å². The number of aromatic amines is 1. The Bertz CT molecular complexity index is 914. The van der Waals surface area contributed by atoms with Crippen LogP contribution in [0.15, 0.2) is 6.20 Å². The van der Waals surface area contributed by atoms with Crippen LogP contribution in [0.1, 0.15) is 49.1 Å². The minimum absolute atomic E-state index is 0.117.